The van der Waals surface area contributed by atoms with Gasteiger partial charge in [-0.3, -0.25) is 0 Å². The summed E-state index contributed by atoms with van der Waals surface area (Å²) < 4.78 is 10.9. The first-order chi connectivity index (χ1) is 9.61. The molecule has 0 spiro atoms. The fourth-order valence-corrected chi connectivity index (χ4v) is 1.87. The van der Waals surface area contributed by atoms with E-state index in [9.17, 15) is 4.79 Å². The first-order valence-electron chi connectivity index (χ1n) is 6.20. The number of para-hydroxylation sites is 1. The maximum atomic E-state index is 10.9. The van der Waals surface area contributed by atoms with E-state index < -0.39 is 5.97 Å². The van der Waals surface area contributed by atoms with Crippen molar-refractivity contribution in [1.82, 2.24) is 0 Å². The van der Waals surface area contributed by atoms with Gasteiger partial charge in [-0.05, 0) is 30.7 Å². The van der Waals surface area contributed by atoms with Gasteiger partial charge in [0, 0.05) is 5.56 Å². The maximum absolute atomic E-state index is 10.9. The van der Waals surface area contributed by atoms with E-state index in [0.29, 0.717) is 12.4 Å². The third-order valence-corrected chi connectivity index (χ3v) is 3.01. The standard InChI is InChI=1S/C16H16O4/c1-11-5-3-4-6-14(11)20-10-13-8-7-12(16(17)18)9-15(13)19-2/h3-9H,10H2,1-2H3,(H,17,18). The lowest BCUT2D eigenvalue weighted by atomic mass is 10.1. The van der Waals surface area contributed by atoms with Crippen LogP contribution in [0.25, 0.3) is 0 Å². The van der Waals surface area contributed by atoms with Gasteiger partial charge in [-0.15, -0.1) is 0 Å². The second kappa shape index (κ2) is 6.10. The fraction of sp³-hybridized carbons (Fsp3) is 0.188. The molecular formula is C16H16O4. The molecule has 0 bridgehead atoms. The minimum Gasteiger partial charge on any atom is -0.496 e. The number of carboxylic acid groups (broad SMARTS) is 1. The number of ether oxygens (including phenoxy) is 2. The summed E-state index contributed by atoms with van der Waals surface area (Å²) in [6.07, 6.45) is 0. The highest BCUT2D eigenvalue weighted by Gasteiger charge is 2.10. The van der Waals surface area contributed by atoms with Crippen molar-refractivity contribution in [2.45, 2.75) is 13.5 Å². The molecule has 0 aliphatic rings. The lowest BCUT2D eigenvalue weighted by molar-refractivity contribution is 0.0696. The zero-order chi connectivity index (χ0) is 14.5. The number of aromatic carboxylic acids is 1. The van der Waals surface area contributed by atoms with Crippen LogP contribution in [0.15, 0.2) is 42.5 Å². The van der Waals surface area contributed by atoms with Gasteiger partial charge in [0.15, 0.2) is 0 Å². The molecule has 2 aromatic carbocycles. The molecule has 0 heterocycles. The van der Waals surface area contributed by atoms with Crippen molar-refractivity contribution in [3.05, 3.63) is 59.2 Å². The topological polar surface area (TPSA) is 55.8 Å². The van der Waals surface area contributed by atoms with Gasteiger partial charge < -0.3 is 14.6 Å². The predicted molar refractivity (Wildman–Crippen MR) is 75.5 cm³/mol. The van der Waals surface area contributed by atoms with Crippen LogP contribution in [0.5, 0.6) is 11.5 Å². The second-order valence-corrected chi connectivity index (χ2v) is 4.39. The Morgan fingerprint density at radius 2 is 1.90 bits per heavy atom. The zero-order valence-corrected chi connectivity index (χ0v) is 11.4. The van der Waals surface area contributed by atoms with E-state index in [1.807, 2.05) is 31.2 Å². The smallest absolute Gasteiger partial charge is 0.335 e. The van der Waals surface area contributed by atoms with Crippen LogP contribution in [0.2, 0.25) is 0 Å². The Hall–Kier alpha value is -2.49. The van der Waals surface area contributed by atoms with Crippen molar-refractivity contribution >= 4 is 5.97 Å². The molecule has 0 aliphatic carbocycles. The van der Waals surface area contributed by atoms with Gasteiger partial charge in [0.25, 0.3) is 0 Å². The van der Waals surface area contributed by atoms with Crippen LogP contribution in [0.4, 0.5) is 0 Å². The largest absolute Gasteiger partial charge is 0.496 e. The van der Waals surface area contributed by atoms with Gasteiger partial charge >= 0.3 is 5.97 Å². The highest BCUT2D eigenvalue weighted by molar-refractivity contribution is 5.88. The summed E-state index contributed by atoms with van der Waals surface area (Å²) in [6.45, 7) is 2.30. The molecule has 0 aromatic heterocycles. The molecule has 4 heteroatoms. The van der Waals surface area contributed by atoms with Crippen molar-refractivity contribution in [2.75, 3.05) is 7.11 Å². The highest BCUT2D eigenvalue weighted by atomic mass is 16.5. The fourth-order valence-electron chi connectivity index (χ4n) is 1.87. The van der Waals surface area contributed by atoms with Crippen molar-refractivity contribution in [3.8, 4) is 11.5 Å². The Balaban J connectivity index is 2.17. The maximum Gasteiger partial charge on any atom is 0.335 e. The van der Waals surface area contributed by atoms with Crippen LogP contribution >= 0.6 is 0 Å². The molecule has 2 rings (SSSR count). The third kappa shape index (κ3) is 3.09. The molecule has 2 aromatic rings. The Morgan fingerprint density at radius 3 is 2.55 bits per heavy atom. The van der Waals surface area contributed by atoms with E-state index in [0.717, 1.165) is 16.9 Å². The summed E-state index contributed by atoms with van der Waals surface area (Å²) >= 11 is 0. The third-order valence-electron chi connectivity index (χ3n) is 3.01. The van der Waals surface area contributed by atoms with Gasteiger partial charge in [-0.25, -0.2) is 4.79 Å². The number of carbonyl (C=O) groups is 1. The first-order valence-corrected chi connectivity index (χ1v) is 6.20. The average molecular weight is 272 g/mol. The number of benzene rings is 2. The Labute approximate surface area is 117 Å². The molecule has 0 unspecified atom stereocenters. The molecule has 1 N–H and O–H groups in total. The van der Waals surface area contributed by atoms with Crippen molar-refractivity contribution in [3.63, 3.8) is 0 Å². The van der Waals surface area contributed by atoms with E-state index in [4.69, 9.17) is 14.6 Å². The SMILES string of the molecule is COc1cc(C(=O)O)ccc1COc1ccccc1C. The van der Waals surface area contributed by atoms with Crippen molar-refractivity contribution in [1.29, 1.82) is 0 Å². The molecule has 104 valence electrons. The van der Waals surface area contributed by atoms with Crippen LogP contribution in [0.1, 0.15) is 21.5 Å². The summed E-state index contributed by atoms with van der Waals surface area (Å²) in [5, 5.41) is 8.95. The number of hydrogen-bond acceptors (Lipinski definition) is 3. The molecule has 0 atom stereocenters. The first kappa shape index (κ1) is 13.9. The molecule has 0 amide bonds. The van der Waals surface area contributed by atoms with E-state index >= 15 is 0 Å². The number of aryl methyl sites for hydroxylation is 1. The van der Waals surface area contributed by atoms with Crippen LogP contribution in [-0.2, 0) is 6.61 Å². The van der Waals surface area contributed by atoms with Crippen LogP contribution in [0, 0.1) is 6.92 Å². The minimum atomic E-state index is -0.977. The van der Waals surface area contributed by atoms with Gasteiger partial charge in [-0.2, -0.15) is 0 Å². The zero-order valence-electron chi connectivity index (χ0n) is 11.4. The number of rotatable bonds is 5. The monoisotopic (exact) mass is 272 g/mol. The van der Waals surface area contributed by atoms with Gasteiger partial charge in [0.2, 0.25) is 0 Å². The lowest BCUT2D eigenvalue weighted by Crippen LogP contribution is -2.02. The van der Waals surface area contributed by atoms with Crippen molar-refractivity contribution in [2.24, 2.45) is 0 Å². The highest BCUT2D eigenvalue weighted by Crippen LogP contribution is 2.23. The molecule has 20 heavy (non-hydrogen) atoms. The summed E-state index contributed by atoms with van der Waals surface area (Å²) in [4.78, 5) is 10.9. The normalized spacial score (nSPS) is 10.1. The predicted octanol–water partition coefficient (Wildman–Crippen LogP) is 3.28. The summed E-state index contributed by atoms with van der Waals surface area (Å²) in [7, 11) is 1.51. The minimum absolute atomic E-state index is 0.196. The molecule has 0 saturated heterocycles. The van der Waals surface area contributed by atoms with Crippen LogP contribution in [-0.4, -0.2) is 18.2 Å². The quantitative estimate of drug-likeness (QED) is 0.907. The molecule has 0 saturated carbocycles. The van der Waals surface area contributed by atoms with Crippen LogP contribution < -0.4 is 9.47 Å². The Kier molecular flexibility index (Phi) is 4.25. The molecule has 0 radical (unpaired) electrons. The molecule has 0 fully saturated rings. The molecule has 4 nitrogen and oxygen atoms in total. The summed E-state index contributed by atoms with van der Waals surface area (Å²) in [6, 6.07) is 12.5. The number of carboxylic acids is 1. The van der Waals surface area contributed by atoms with E-state index in [2.05, 4.69) is 0 Å². The van der Waals surface area contributed by atoms with E-state index in [-0.39, 0.29) is 5.56 Å². The molecule has 0 aliphatic heterocycles. The summed E-state index contributed by atoms with van der Waals surface area (Å²) in [5.41, 5.74) is 2.05. The Bertz CT molecular complexity index is 620. The average Bonchev–Trinajstić information content (AvgIpc) is 2.46. The van der Waals surface area contributed by atoms with Crippen LogP contribution in [0.3, 0.4) is 0 Å². The van der Waals surface area contributed by atoms with E-state index in [1.54, 1.807) is 12.1 Å². The van der Waals surface area contributed by atoms with E-state index in [1.165, 1.54) is 13.2 Å². The molecular weight excluding hydrogens is 256 g/mol. The Morgan fingerprint density at radius 1 is 1.15 bits per heavy atom. The lowest BCUT2D eigenvalue weighted by Gasteiger charge is -2.12. The van der Waals surface area contributed by atoms with Gasteiger partial charge in [0.1, 0.15) is 18.1 Å². The number of methoxy groups -OCH3 is 1. The number of hydrogen-bond donors (Lipinski definition) is 1. The second-order valence-electron chi connectivity index (χ2n) is 4.39. The van der Waals surface area contributed by atoms with Gasteiger partial charge in [0.05, 0.1) is 12.7 Å². The van der Waals surface area contributed by atoms with Crippen molar-refractivity contribution < 1.29 is 19.4 Å². The summed E-state index contributed by atoms with van der Waals surface area (Å²) in [5.74, 6) is 0.338. The van der Waals surface area contributed by atoms with Gasteiger partial charge in [-0.1, -0.05) is 24.3 Å².